The van der Waals surface area contributed by atoms with E-state index in [-0.39, 0.29) is 17.4 Å². The summed E-state index contributed by atoms with van der Waals surface area (Å²) in [6.45, 7) is 11.0. The van der Waals surface area contributed by atoms with Crippen molar-refractivity contribution < 1.29 is 14.4 Å². The Balaban J connectivity index is 1.96. The third-order valence-corrected chi connectivity index (χ3v) is 3.96. The largest absolute Gasteiger partial charge is 0.497 e. The molecule has 1 atom stereocenters. The number of hydrogen-bond acceptors (Lipinski definition) is 4. The minimum absolute atomic E-state index is 0.0439. The topological polar surface area (TPSA) is 51.1 Å². The van der Waals surface area contributed by atoms with Crippen LogP contribution in [0.15, 0.2) is 42.1 Å². The molecule has 2 rings (SSSR count). The van der Waals surface area contributed by atoms with Crippen LogP contribution in [-0.2, 0) is 9.63 Å². The molecule has 0 N–H and O–H groups in total. The zero-order chi connectivity index (χ0) is 18.4. The summed E-state index contributed by atoms with van der Waals surface area (Å²) in [6, 6.07) is 7.75. The van der Waals surface area contributed by atoms with Gasteiger partial charge in [0.05, 0.1) is 19.4 Å². The second-order valence-electron chi connectivity index (χ2n) is 7.52. The van der Waals surface area contributed by atoms with E-state index in [4.69, 9.17) is 9.57 Å². The lowest BCUT2D eigenvalue weighted by Crippen LogP contribution is -2.39. The van der Waals surface area contributed by atoms with Crippen LogP contribution in [0.2, 0.25) is 0 Å². The average Bonchev–Trinajstić information content (AvgIpc) is 3.01. The van der Waals surface area contributed by atoms with Crippen molar-refractivity contribution in [1.82, 2.24) is 4.90 Å². The number of benzene rings is 1. The molecule has 1 aliphatic heterocycles. The highest BCUT2D eigenvalue weighted by Gasteiger charge is 2.28. The van der Waals surface area contributed by atoms with Crippen LogP contribution in [0.3, 0.4) is 0 Å². The Labute approximate surface area is 150 Å². The van der Waals surface area contributed by atoms with Crippen molar-refractivity contribution in [2.75, 3.05) is 20.2 Å². The van der Waals surface area contributed by atoms with E-state index >= 15 is 0 Å². The number of amides is 1. The fourth-order valence-corrected chi connectivity index (χ4v) is 2.73. The molecule has 1 heterocycles. The fraction of sp³-hybridized carbons (Fsp3) is 0.500. The summed E-state index contributed by atoms with van der Waals surface area (Å²) in [5.74, 6) is 0.929. The van der Waals surface area contributed by atoms with E-state index in [2.05, 4.69) is 32.5 Å². The molecule has 1 aliphatic rings. The number of ether oxygens (including phenoxy) is 1. The molecule has 25 heavy (non-hydrogen) atoms. The summed E-state index contributed by atoms with van der Waals surface area (Å²) >= 11 is 0. The molecular weight excluding hydrogens is 316 g/mol. The van der Waals surface area contributed by atoms with E-state index in [0.29, 0.717) is 25.9 Å². The molecule has 0 aliphatic carbocycles. The molecule has 0 fully saturated rings. The number of oxime groups is 1. The molecule has 0 spiro atoms. The van der Waals surface area contributed by atoms with E-state index in [1.165, 1.54) is 0 Å². The van der Waals surface area contributed by atoms with Crippen molar-refractivity contribution in [3.05, 3.63) is 42.5 Å². The van der Waals surface area contributed by atoms with Crippen LogP contribution in [0, 0.1) is 5.41 Å². The van der Waals surface area contributed by atoms with E-state index in [1.807, 2.05) is 24.3 Å². The third-order valence-electron chi connectivity index (χ3n) is 3.96. The van der Waals surface area contributed by atoms with Gasteiger partial charge in [-0.05, 0) is 35.2 Å². The SMILES string of the molecule is C=CCN(CC1CC(c2ccc(OC)cc2)=NO1)C(=O)CC(C)(C)C. The van der Waals surface area contributed by atoms with E-state index < -0.39 is 0 Å². The molecule has 0 saturated heterocycles. The van der Waals surface area contributed by atoms with Gasteiger partial charge in [0.2, 0.25) is 5.91 Å². The first-order chi connectivity index (χ1) is 11.8. The highest BCUT2D eigenvalue weighted by molar-refractivity contribution is 6.01. The van der Waals surface area contributed by atoms with Crippen molar-refractivity contribution >= 4 is 11.6 Å². The van der Waals surface area contributed by atoms with Gasteiger partial charge in [0.25, 0.3) is 0 Å². The van der Waals surface area contributed by atoms with Crippen molar-refractivity contribution in [1.29, 1.82) is 0 Å². The normalized spacial score (nSPS) is 16.8. The number of methoxy groups -OCH3 is 1. The van der Waals surface area contributed by atoms with Gasteiger partial charge in [-0.2, -0.15) is 0 Å². The standard InChI is InChI=1S/C20H28N2O3/c1-6-11-22(19(23)13-20(2,3)4)14-17-12-18(21-25-17)15-7-9-16(24-5)10-8-15/h6-10,17H,1,11-14H2,2-5H3. The van der Waals surface area contributed by atoms with E-state index in [0.717, 1.165) is 17.0 Å². The highest BCUT2D eigenvalue weighted by Crippen LogP contribution is 2.23. The number of nitrogens with zero attached hydrogens (tertiary/aromatic N) is 2. The Morgan fingerprint density at radius 2 is 2.08 bits per heavy atom. The van der Waals surface area contributed by atoms with Crippen molar-refractivity contribution in [2.45, 2.75) is 39.7 Å². The highest BCUT2D eigenvalue weighted by atomic mass is 16.6. The maximum Gasteiger partial charge on any atom is 0.223 e. The molecule has 0 radical (unpaired) electrons. The summed E-state index contributed by atoms with van der Waals surface area (Å²) in [5, 5.41) is 4.20. The Hall–Kier alpha value is -2.30. The number of carbonyl (C=O) groups excluding carboxylic acids is 1. The van der Waals surface area contributed by atoms with Crippen LogP contribution < -0.4 is 4.74 Å². The molecule has 1 amide bonds. The maximum atomic E-state index is 12.5. The van der Waals surface area contributed by atoms with Gasteiger partial charge in [0.15, 0.2) is 6.10 Å². The number of hydrogen-bond donors (Lipinski definition) is 0. The summed E-state index contributed by atoms with van der Waals surface area (Å²) < 4.78 is 5.17. The molecule has 0 bridgehead atoms. The molecule has 0 saturated carbocycles. The van der Waals surface area contributed by atoms with Crippen molar-refractivity contribution in [3.63, 3.8) is 0 Å². The Bertz CT molecular complexity index is 629. The second-order valence-corrected chi connectivity index (χ2v) is 7.52. The van der Waals surface area contributed by atoms with Gasteiger partial charge in [0.1, 0.15) is 5.75 Å². The molecule has 136 valence electrons. The Morgan fingerprint density at radius 3 is 2.64 bits per heavy atom. The van der Waals surface area contributed by atoms with Gasteiger partial charge in [-0.25, -0.2) is 0 Å². The first-order valence-electron chi connectivity index (χ1n) is 8.58. The molecule has 1 aromatic rings. The fourth-order valence-electron chi connectivity index (χ4n) is 2.73. The molecule has 0 aromatic heterocycles. The summed E-state index contributed by atoms with van der Waals surface area (Å²) in [5.41, 5.74) is 1.87. The molecule has 1 aromatic carbocycles. The predicted molar refractivity (Wildman–Crippen MR) is 99.9 cm³/mol. The smallest absolute Gasteiger partial charge is 0.223 e. The van der Waals surface area contributed by atoms with Gasteiger partial charge in [-0.15, -0.1) is 6.58 Å². The average molecular weight is 344 g/mol. The van der Waals surface area contributed by atoms with Crippen LogP contribution in [-0.4, -0.2) is 42.8 Å². The van der Waals surface area contributed by atoms with Crippen LogP contribution in [0.1, 0.15) is 39.2 Å². The van der Waals surface area contributed by atoms with Crippen LogP contribution in [0.25, 0.3) is 0 Å². The van der Waals surface area contributed by atoms with Crippen LogP contribution >= 0.6 is 0 Å². The summed E-state index contributed by atoms with van der Waals surface area (Å²) in [6.07, 6.45) is 2.81. The first-order valence-corrected chi connectivity index (χ1v) is 8.58. The van der Waals surface area contributed by atoms with Gasteiger partial charge in [0, 0.05) is 19.4 Å². The minimum atomic E-state index is -0.124. The quantitative estimate of drug-likeness (QED) is 0.710. The van der Waals surface area contributed by atoms with Gasteiger partial charge in [-0.1, -0.05) is 32.0 Å². The lowest BCUT2D eigenvalue weighted by atomic mass is 9.91. The second kappa shape index (κ2) is 8.19. The molecule has 1 unspecified atom stereocenters. The summed E-state index contributed by atoms with van der Waals surface area (Å²) in [4.78, 5) is 19.9. The van der Waals surface area contributed by atoms with Crippen LogP contribution in [0.4, 0.5) is 0 Å². The van der Waals surface area contributed by atoms with Crippen molar-refractivity contribution in [3.8, 4) is 5.75 Å². The lowest BCUT2D eigenvalue weighted by molar-refractivity contribution is -0.134. The molecule has 5 heteroatoms. The summed E-state index contributed by atoms with van der Waals surface area (Å²) in [7, 11) is 1.64. The Kier molecular flexibility index (Phi) is 6.23. The van der Waals surface area contributed by atoms with E-state index in [1.54, 1.807) is 18.1 Å². The number of rotatable bonds is 7. The lowest BCUT2D eigenvalue weighted by Gasteiger charge is -2.27. The van der Waals surface area contributed by atoms with E-state index in [9.17, 15) is 4.79 Å². The Morgan fingerprint density at radius 1 is 1.40 bits per heavy atom. The first kappa shape index (κ1) is 19.0. The molecule has 5 nitrogen and oxygen atoms in total. The maximum absolute atomic E-state index is 12.5. The number of carbonyl (C=O) groups is 1. The zero-order valence-corrected chi connectivity index (χ0v) is 15.6. The monoisotopic (exact) mass is 344 g/mol. The minimum Gasteiger partial charge on any atom is -0.497 e. The zero-order valence-electron chi connectivity index (χ0n) is 15.6. The molecular formula is C20H28N2O3. The van der Waals surface area contributed by atoms with Gasteiger partial charge >= 0.3 is 0 Å². The third kappa shape index (κ3) is 5.62. The van der Waals surface area contributed by atoms with Crippen LogP contribution in [0.5, 0.6) is 5.75 Å². The van der Waals surface area contributed by atoms with Gasteiger partial charge < -0.3 is 14.5 Å². The van der Waals surface area contributed by atoms with Gasteiger partial charge in [-0.3, -0.25) is 4.79 Å². The van der Waals surface area contributed by atoms with Crippen molar-refractivity contribution in [2.24, 2.45) is 10.6 Å². The predicted octanol–water partition coefficient (Wildman–Crippen LogP) is 3.64.